The summed E-state index contributed by atoms with van der Waals surface area (Å²) in [6, 6.07) is 4.55. The van der Waals surface area contributed by atoms with Gasteiger partial charge in [-0.25, -0.2) is 4.79 Å². The van der Waals surface area contributed by atoms with Crippen LogP contribution in [0.2, 0.25) is 0 Å². The molecule has 4 N–H and O–H groups in total. The van der Waals surface area contributed by atoms with Gasteiger partial charge in [-0.3, -0.25) is 4.79 Å². The molecule has 1 aromatic carbocycles. The summed E-state index contributed by atoms with van der Waals surface area (Å²) in [7, 11) is 0. The van der Waals surface area contributed by atoms with E-state index in [0.29, 0.717) is 4.47 Å². The Morgan fingerprint density at radius 3 is 2.67 bits per heavy atom. The van der Waals surface area contributed by atoms with Gasteiger partial charge in [-0.1, -0.05) is 15.9 Å². The second-order valence-electron chi connectivity index (χ2n) is 2.75. The molecule has 0 atom stereocenters. The molecule has 1 rings (SSSR count). The molecule has 0 aliphatic rings. The molecule has 0 fully saturated rings. The smallest absolute Gasteiger partial charge is 0.337 e. The van der Waals surface area contributed by atoms with E-state index in [4.69, 9.17) is 10.8 Å². The molecule has 0 spiro atoms. The lowest BCUT2D eigenvalue weighted by Gasteiger charge is -2.07. The van der Waals surface area contributed by atoms with Crippen LogP contribution in [0.3, 0.4) is 0 Å². The zero-order valence-corrected chi connectivity index (χ0v) is 9.24. The summed E-state index contributed by atoms with van der Waals surface area (Å²) in [5.41, 5.74) is 5.36. The van der Waals surface area contributed by atoms with E-state index in [0.717, 1.165) is 0 Å². The number of aromatic carboxylic acids is 1. The van der Waals surface area contributed by atoms with Gasteiger partial charge in [0.05, 0.1) is 17.8 Å². The van der Waals surface area contributed by atoms with E-state index in [-0.39, 0.29) is 17.8 Å². The lowest BCUT2D eigenvalue weighted by atomic mass is 10.2. The lowest BCUT2D eigenvalue weighted by molar-refractivity contribution is -0.114. The monoisotopic (exact) mass is 272 g/mol. The second kappa shape index (κ2) is 4.90. The first-order chi connectivity index (χ1) is 7.04. The summed E-state index contributed by atoms with van der Waals surface area (Å²) in [5, 5.41) is 11.3. The quantitative estimate of drug-likeness (QED) is 0.767. The number of hydrogen-bond acceptors (Lipinski definition) is 3. The van der Waals surface area contributed by atoms with Crippen molar-refractivity contribution < 1.29 is 14.7 Å². The number of halogens is 1. The van der Waals surface area contributed by atoms with Crippen molar-refractivity contribution in [3.63, 3.8) is 0 Å². The highest BCUT2D eigenvalue weighted by atomic mass is 79.9. The Kier molecular flexibility index (Phi) is 3.81. The lowest BCUT2D eigenvalue weighted by Crippen LogP contribution is -2.23. The van der Waals surface area contributed by atoms with E-state index in [1.54, 1.807) is 6.07 Å². The molecule has 0 bridgehead atoms. The number of nitrogens with one attached hydrogen (secondary N) is 1. The van der Waals surface area contributed by atoms with Crippen LogP contribution in [-0.4, -0.2) is 23.5 Å². The SMILES string of the molecule is NCC(=O)Nc1ccc(Br)cc1C(=O)O. The Hall–Kier alpha value is -1.40. The van der Waals surface area contributed by atoms with Crippen molar-refractivity contribution in [2.45, 2.75) is 0 Å². The van der Waals surface area contributed by atoms with Gasteiger partial charge in [-0.05, 0) is 18.2 Å². The molecule has 0 unspecified atom stereocenters. The van der Waals surface area contributed by atoms with Crippen LogP contribution in [0.4, 0.5) is 5.69 Å². The number of carboxylic acid groups (broad SMARTS) is 1. The molecule has 0 radical (unpaired) electrons. The maximum atomic E-state index is 11.0. The number of rotatable bonds is 3. The average Bonchev–Trinajstić information content (AvgIpc) is 2.20. The summed E-state index contributed by atoms with van der Waals surface area (Å²) < 4.78 is 0.630. The average molecular weight is 273 g/mol. The van der Waals surface area contributed by atoms with Gasteiger partial charge < -0.3 is 16.2 Å². The van der Waals surface area contributed by atoms with E-state index in [1.165, 1.54) is 12.1 Å². The minimum atomic E-state index is -1.11. The minimum Gasteiger partial charge on any atom is -0.478 e. The summed E-state index contributed by atoms with van der Waals surface area (Å²) >= 11 is 3.15. The fourth-order valence-corrected chi connectivity index (χ4v) is 1.36. The predicted molar refractivity (Wildman–Crippen MR) is 58.8 cm³/mol. The van der Waals surface area contributed by atoms with E-state index in [2.05, 4.69) is 21.2 Å². The highest BCUT2D eigenvalue weighted by Gasteiger charge is 2.11. The van der Waals surface area contributed by atoms with Gasteiger partial charge in [0.25, 0.3) is 0 Å². The molecule has 1 amide bonds. The van der Waals surface area contributed by atoms with Crippen molar-refractivity contribution in [3.05, 3.63) is 28.2 Å². The molecule has 5 nitrogen and oxygen atoms in total. The summed E-state index contributed by atoms with van der Waals surface area (Å²) in [6.45, 7) is -0.185. The highest BCUT2D eigenvalue weighted by Crippen LogP contribution is 2.20. The first kappa shape index (κ1) is 11.7. The molecular weight excluding hydrogens is 264 g/mol. The first-order valence-corrected chi connectivity index (χ1v) is 4.86. The summed E-state index contributed by atoms with van der Waals surface area (Å²) in [6.07, 6.45) is 0. The van der Waals surface area contributed by atoms with Gasteiger partial charge in [0.15, 0.2) is 0 Å². The molecule has 0 saturated carbocycles. The molecule has 0 aromatic heterocycles. The largest absolute Gasteiger partial charge is 0.478 e. The summed E-state index contributed by atoms with van der Waals surface area (Å²) in [5.74, 6) is -1.54. The Balaban J connectivity index is 3.06. The van der Waals surface area contributed by atoms with E-state index in [1.807, 2.05) is 0 Å². The van der Waals surface area contributed by atoms with Crippen molar-refractivity contribution in [3.8, 4) is 0 Å². The van der Waals surface area contributed by atoms with Gasteiger partial charge in [0.1, 0.15) is 0 Å². The van der Waals surface area contributed by atoms with E-state index in [9.17, 15) is 9.59 Å². The maximum absolute atomic E-state index is 11.0. The van der Waals surface area contributed by atoms with E-state index >= 15 is 0 Å². The fraction of sp³-hybridized carbons (Fsp3) is 0.111. The minimum absolute atomic E-state index is 0.0196. The molecule has 0 saturated heterocycles. The van der Waals surface area contributed by atoms with Gasteiger partial charge in [-0.15, -0.1) is 0 Å². The maximum Gasteiger partial charge on any atom is 0.337 e. The number of nitrogens with two attached hydrogens (primary N) is 1. The van der Waals surface area contributed by atoms with Crippen molar-refractivity contribution in [1.29, 1.82) is 0 Å². The van der Waals surface area contributed by atoms with Gasteiger partial charge >= 0.3 is 5.97 Å². The highest BCUT2D eigenvalue weighted by molar-refractivity contribution is 9.10. The first-order valence-electron chi connectivity index (χ1n) is 4.07. The number of carboxylic acids is 1. The van der Waals surface area contributed by atoms with Crippen LogP contribution in [0, 0.1) is 0 Å². The molecule has 6 heteroatoms. The molecule has 0 aliphatic heterocycles. The summed E-state index contributed by atoms with van der Waals surface area (Å²) in [4.78, 5) is 21.8. The topological polar surface area (TPSA) is 92.4 Å². The fourth-order valence-electron chi connectivity index (χ4n) is 1.00. The number of carbonyl (C=O) groups excluding carboxylic acids is 1. The van der Waals surface area contributed by atoms with Gasteiger partial charge in [0, 0.05) is 4.47 Å². The Labute approximate surface area is 94.4 Å². The van der Waals surface area contributed by atoms with Crippen LogP contribution in [-0.2, 0) is 4.79 Å². The number of amides is 1. The van der Waals surface area contributed by atoms with Crippen molar-refractivity contribution in [2.24, 2.45) is 5.73 Å². The van der Waals surface area contributed by atoms with Crippen LogP contribution in [0.1, 0.15) is 10.4 Å². The number of anilines is 1. The molecular formula is C9H9BrN2O3. The Morgan fingerprint density at radius 1 is 1.47 bits per heavy atom. The van der Waals surface area contributed by atoms with Crippen molar-refractivity contribution in [2.75, 3.05) is 11.9 Å². The van der Waals surface area contributed by atoms with Gasteiger partial charge in [0.2, 0.25) is 5.91 Å². The third kappa shape index (κ3) is 3.03. The number of benzene rings is 1. The molecule has 80 valence electrons. The Morgan fingerprint density at radius 2 is 2.13 bits per heavy atom. The third-order valence-electron chi connectivity index (χ3n) is 1.67. The normalized spacial score (nSPS) is 9.73. The van der Waals surface area contributed by atoms with Crippen LogP contribution >= 0.6 is 15.9 Å². The van der Waals surface area contributed by atoms with Crippen molar-refractivity contribution in [1.82, 2.24) is 0 Å². The molecule has 15 heavy (non-hydrogen) atoms. The number of carbonyl (C=O) groups is 2. The molecule has 0 aliphatic carbocycles. The second-order valence-corrected chi connectivity index (χ2v) is 3.66. The zero-order valence-electron chi connectivity index (χ0n) is 7.66. The van der Waals surface area contributed by atoms with Crippen molar-refractivity contribution >= 4 is 33.5 Å². The third-order valence-corrected chi connectivity index (χ3v) is 2.16. The van der Waals surface area contributed by atoms with Crippen LogP contribution in [0.25, 0.3) is 0 Å². The molecule has 0 heterocycles. The number of hydrogen-bond donors (Lipinski definition) is 3. The van der Waals surface area contributed by atoms with Crippen LogP contribution in [0.5, 0.6) is 0 Å². The van der Waals surface area contributed by atoms with Gasteiger partial charge in [-0.2, -0.15) is 0 Å². The zero-order chi connectivity index (χ0) is 11.4. The van der Waals surface area contributed by atoms with Crippen LogP contribution < -0.4 is 11.1 Å². The van der Waals surface area contributed by atoms with E-state index < -0.39 is 11.9 Å². The van der Waals surface area contributed by atoms with Crippen LogP contribution in [0.15, 0.2) is 22.7 Å². The Bertz CT molecular complexity index is 406. The standard InChI is InChI=1S/C9H9BrN2O3/c10-5-1-2-7(12-8(13)4-11)6(3-5)9(14)15/h1-3H,4,11H2,(H,12,13)(H,14,15). The molecule has 1 aromatic rings. The predicted octanol–water partition coefficient (Wildman–Crippen LogP) is 1.04.